The maximum absolute atomic E-state index is 12.0. The Balaban J connectivity index is 1.73. The van der Waals surface area contributed by atoms with Gasteiger partial charge in [-0.25, -0.2) is 4.98 Å². The molecule has 21 heavy (non-hydrogen) atoms. The number of anilines is 1. The van der Waals surface area contributed by atoms with Crippen LogP contribution in [0.1, 0.15) is 10.4 Å². The van der Waals surface area contributed by atoms with Crippen LogP contribution in [0.3, 0.4) is 0 Å². The van der Waals surface area contributed by atoms with Gasteiger partial charge in [0.1, 0.15) is 5.75 Å². The van der Waals surface area contributed by atoms with Crippen molar-refractivity contribution in [3.8, 4) is 17.0 Å². The van der Waals surface area contributed by atoms with E-state index in [2.05, 4.69) is 15.3 Å². The lowest BCUT2D eigenvalue weighted by Gasteiger charge is -2.06. The molecule has 0 aliphatic carbocycles. The van der Waals surface area contributed by atoms with Crippen LogP contribution in [-0.4, -0.2) is 21.0 Å². The number of phenolic OH excluding ortho intramolecular Hbond substituents is 1. The molecule has 1 amide bonds. The Morgan fingerprint density at radius 1 is 1.05 bits per heavy atom. The van der Waals surface area contributed by atoms with E-state index in [4.69, 9.17) is 0 Å². The van der Waals surface area contributed by atoms with Crippen molar-refractivity contribution in [2.24, 2.45) is 0 Å². The van der Waals surface area contributed by atoms with E-state index in [0.717, 1.165) is 11.3 Å². The first-order chi connectivity index (χ1) is 10.2. The number of aromatic hydroxyl groups is 1. The van der Waals surface area contributed by atoms with Crippen LogP contribution >= 0.6 is 0 Å². The van der Waals surface area contributed by atoms with Gasteiger partial charge in [0.25, 0.3) is 5.91 Å². The lowest BCUT2D eigenvalue weighted by molar-refractivity contribution is 0.102. The van der Waals surface area contributed by atoms with Gasteiger partial charge in [0.15, 0.2) is 0 Å². The normalized spacial score (nSPS) is 10.3. The van der Waals surface area contributed by atoms with Gasteiger partial charge in [0, 0.05) is 11.3 Å². The summed E-state index contributed by atoms with van der Waals surface area (Å²) in [5.74, 6) is -0.0836. The Labute approximate surface area is 121 Å². The Kier molecular flexibility index (Phi) is 3.39. The maximum atomic E-state index is 12.0. The molecule has 1 heterocycles. The molecule has 0 spiro atoms. The van der Waals surface area contributed by atoms with Crippen LogP contribution in [0, 0.1) is 0 Å². The maximum Gasteiger partial charge on any atom is 0.255 e. The van der Waals surface area contributed by atoms with Crippen LogP contribution in [0.25, 0.3) is 11.3 Å². The fraction of sp³-hybridized carbons (Fsp3) is 0. The summed E-state index contributed by atoms with van der Waals surface area (Å²) >= 11 is 0. The molecular weight excluding hydrogens is 266 g/mol. The molecule has 3 aromatic rings. The summed E-state index contributed by atoms with van der Waals surface area (Å²) in [7, 11) is 0. The molecule has 0 aliphatic rings. The standard InChI is InChI=1S/C16H13N3O2/c20-14-7-3-12(4-8-14)16(21)19-13-5-1-11(2-6-13)15-9-17-10-18-15/h1-10,20H,(H,17,18)(H,19,21). The number of phenols is 1. The molecule has 0 saturated heterocycles. The van der Waals surface area contributed by atoms with Crippen molar-refractivity contribution in [1.82, 2.24) is 9.97 Å². The third-order valence-electron chi connectivity index (χ3n) is 3.08. The van der Waals surface area contributed by atoms with Gasteiger partial charge >= 0.3 is 0 Å². The van der Waals surface area contributed by atoms with Crippen molar-refractivity contribution < 1.29 is 9.90 Å². The zero-order valence-electron chi connectivity index (χ0n) is 11.1. The van der Waals surface area contributed by atoms with Gasteiger partial charge in [-0.15, -0.1) is 0 Å². The van der Waals surface area contributed by atoms with Crippen LogP contribution in [0.2, 0.25) is 0 Å². The third-order valence-corrected chi connectivity index (χ3v) is 3.08. The van der Waals surface area contributed by atoms with E-state index in [1.165, 1.54) is 12.1 Å². The summed E-state index contributed by atoms with van der Waals surface area (Å²) < 4.78 is 0. The predicted molar refractivity (Wildman–Crippen MR) is 80.1 cm³/mol. The number of carbonyl (C=O) groups is 1. The summed E-state index contributed by atoms with van der Waals surface area (Å²) in [5.41, 5.74) is 3.11. The third kappa shape index (κ3) is 2.92. The highest BCUT2D eigenvalue weighted by atomic mass is 16.3. The predicted octanol–water partition coefficient (Wildman–Crippen LogP) is 3.03. The minimum absolute atomic E-state index is 0.135. The lowest BCUT2D eigenvalue weighted by atomic mass is 10.1. The molecule has 0 fully saturated rings. The van der Waals surface area contributed by atoms with E-state index in [1.54, 1.807) is 24.7 Å². The van der Waals surface area contributed by atoms with Gasteiger partial charge in [0.2, 0.25) is 0 Å². The molecule has 2 aromatic carbocycles. The van der Waals surface area contributed by atoms with Gasteiger partial charge in [0.05, 0.1) is 18.2 Å². The minimum Gasteiger partial charge on any atom is -0.508 e. The summed E-state index contributed by atoms with van der Waals surface area (Å²) in [6.07, 6.45) is 3.36. The van der Waals surface area contributed by atoms with Gasteiger partial charge in [-0.3, -0.25) is 4.79 Å². The number of hydrogen-bond donors (Lipinski definition) is 3. The second kappa shape index (κ2) is 5.50. The largest absolute Gasteiger partial charge is 0.508 e. The summed E-state index contributed by atoms with van der Waals surface area (Å²) in [6.45, 7) is 0. The minimum atomic E-state index is -0.218. The number of carbonyl (C=O) groups excluding carboxylic acids is 1. The zero-order valence-corrected chi connectivity index (χ0v) is 11.1. The number of amides is 1. The van der Waals surface area contributed by atoms with Gasteiger partial charge in [-0.2, -0.15) is 0 Å². The fourth-order valence-electron chi connectivity index (χ4n) is 1.96. The second-order valence-electron chi connectivity index (χ2n) is 4.54. The molecule has 0 radical (unpaired) electrons. The van der Waals surface area contributed by atoms with Gasteiger partial charge < -0.3 is 15.4 Å². The molecular formula is C16H13N3O2. The summed E-state index contributed by atoms with van der Waals surface area (Å²) in [6, 6.07) is 13.6. The average Bonchev–Trinajstić information content (AvgIpc) is 3.03. The number of nitrogens with one attached hydrogen (secondary N) is 2. The van der Waals surface area contributed by atoms with E-state index in [1.807, 2.05) is 24.3 Å². The van der Waals surface area contributed by atoms with Crippen molar-refractivity contribution in [3.05, 3.63) is 66.6 Å². The number of nitrogens with zero attached hydrogens (tertiary/aromatic N) is 1. The number of aromatic nitrogens is 2. The average molecular weight is 279 g/mol. The van der Waals surface area contributed by atoms with Crippen molar-refractivity contribution >= 4 is 11.6 Å². The molecule has 1 aromatic heterocycles. The van der Waals surface area contributed by atoms with Crippen LogP contribution in [0.4, 0.5) is 5.69 Å². The van der Waals surface area contributed by atoms with E-state index >= 15 is 0 Å². The molecule has 5 nitrogen and oxygen atoms in total. The van der Waals surface area contributed by atoms with Crippen molar-refractivity contribution in [3.63, 3.8) is 0 Å². The number of H-pyrrole nitrogens is 1. The first kappa shape index (κ1) is 12.9. The number of aromatic amines is 1. The highest BCUT2D eigenvalue weighted by Crippen LogP contribution is 2.19. The lowest BCUT2D eigenvalue weighted by Crippen LogP contribution is -2.11. The van der Waals surface area contributed by atoms with Crippen LogP contribution in [0.5, 0.6) is 5.75 Å². The molecule has 3 N–H and O–H groups in total. The zero-order chi connectivity index (χ0) is 14.7. The van der Waals surface area contributed by atoms with Crippen molar-refractivity contribution in [2.45, 2.75) is 0 Å². The Bertz CT molecular complexity index is 732. The fourth-order valence-corrected chi connectivity index (χ4v) is 1.96. The Morgan fingerprint density at radius 2 is 1.76 bits per heavy atom. The quantitative estimate of drug-likeness (QED) is 0.689. The van der Waals surface area contributed by atoms with Gasteiger partial charge in [-0.1, -0.05) is 12.1 Å². The van der Waals surface area contributed by atoms with Gasteiger partial charge in [-0.05, 0) is 42.0 Å². The molecule has 0 bridgehead atoms. The number of rotatable bonds is 3. The highest BCUT2D eigenvalue weighted by molar-refractivity contribution is 6.04. The molecule has 0 aliphatic heterocycles. The topological polar surface area (TPSA) is 78.0 Å². The molecule has 0 atom stereocenters. The molecule has 104 valence electrons. The first-order valence-electron chi connectivity index (χ1n) is 6.41. The number of hydrogen-bond acceptors (Lipinski definition) is 3. The van der Waals surface area contributed by atoms with E-state index in [-0.39, 0.29) is 11.7 Å². The van der Waals surface area contributed by atoms with E-state index in [0.29, 0.717) is 11.3 Å². The van der Waals surface area contributed by atoms with Crippen molar-refractivity contribution in [1.29, 1.82) is 0 Å². The molecule has 5 heteroatoms. The smallest absolute Gasteiger partial charge is 0.255 e. The molecule has 0 saturated carbocycles. The first-order valence-corrected chi connectivity index (χ1v) is 6.41. The van der Waals surface area contributed by atoms with Crippen molar-refractivity contribution in [2.75, 3.05) is 5.32 Å². The number of imidazole rings is 1. The van der Waals surface area contributed by atoms with E-state index in [9.17, 15) is 9.90 Å². The summed E-state index contributed by atoms with van der Waals surface area (Å²) in [4.78, 5) is 19.0. The van der Waals surface area contributed by atoms with Crippen LogP contribution in [-0.2, 0) is 0 Å². The Hall–Kier alpha value is -3.08. The van der Waals surface area contributed by atoms with Crippen LogP contribution < -0.4 is 5.32 Å². The Morgan fingerprint density at radius 3 is 2.38 bits per heavy atom. The molecule has 3 rings (SSSR count). The SMILES string of the molecule is O=C(Nc1ccc(-c2cnc[nH]2)cc1)c1ccc(O)cc1. The van der Waals surface area contributed by atoms with E-state index < -0.39 is 0 Å². The monoisotopic (exact) mass is 279 g/mol. The summed E-state index contributed by atoms with van der Waals surface area (Å²) in [5, 5.41) is 12.0. The second-order valence-corrected chi connectivity index (χ2v) is 4.54. The number of benzene rings is 2. The highest BCUT2D eigenvalue weighted by Gasteiger charge is 2.06. The molecule has 0 unspecified atom stereocenters. The van der Waals surface area contributed by atoms with Crippen LogP contribution in [0.15, 0.2) is 61.1 Å².